The molecule has 1 aromatic heterocycles. The highest BCUT2D eigenvalue weighted by molar-refractivity contribution is 7.17. The third-order valence-electron chi connectivity index (χ3n) is 5.24. The third-order valence-corrected chi connectivity index (χ3v) is 6.45. The molecule has 0 saturated heterocycles. The summed E-state index contributed by atoms with van der Waals surface area (Å²) < 4.78 is 0. The largest absolute Gasteiger partial charge is 0.316 e. The van der Waals surface area contributed by atoms with Gasteiger partial charge in [0.25, 0.3) is 0 Å². The first-order valence-corrected chi connectivity index (χ1v) is 10.2. The van der Waals surface area contributed by atoms with Crippen molar-refractivity contribution in [2.75, 3.05) is 19.0 Å². The maximum Gasteiger partial charge on any atom is 0.130 e. The first-order valence-electron chi connectivity index (χ1n) is 9.40. The van der Waals surface area contributed by atoms with Crippen LogP contribution in [0.15, 0.2) is 28.2 Å². The van der Waals surface area contributed by atoms with Gasteiger partial charge in [-0.05, 0) is 57.9 Å². The number of hydrogen-bond acceptors (Lipinski definition) is 4. The van der Waals surface area contributed by atoms with E-state index >= 15 is 0 Å². The number of benzene rings is 1. The topological polar surface area (TPSA) is 70.6 Å². The van der Waals surface area contributed by atoms with Gasteiger partial charge in [0.05, 0.1) is 18.9 Å². The first kappa shape index (κ1) is 19.7. The highest BCUT2D eigenvalue weighted by atomic mass is 32.1. The van der Waals surface area contributed by atoms with Gasteiger partial charge in [-0.1, -0.05) is 0 Å². The Hall–Kier alpha value is -2.02. The van der Waals surface area contributed by atoms with Crippen molar-refractivity contribution in [1.29, 1.82) is 0 Å². The Labute approximate surface area is 166 Å². The maximum atomic E-state index is 6.39. The molecule has 2 aromatic rings. The smallest absolute Gasteiger partial charge is 0.130 e. The van der Waals surface area contributed by atoms with Crippen LogP contribution in [0.3, 0.4) is 0 Å². The molecule has 0 fully saturated rings. The summed E-state index contributed by atoms with van der Waals surface area (Å²) >= 11 is 1.78. The number of anilines is 1. The van der Waals surface area contributed by atoms with Gasteiger partial charge >= 0.3 is 0 Å². The monoisotopic (exact) mass is 384 g/mol. The number of rotatable bonds is 3. The normalized spacial score (nSPS) is 19.7. The molecule has 2 heterocycles. The van der Waals surface area contributed by atoms with Crippen LogP contribution in [-0.4, -0.2) is 37.9 Å². The van der Waals surface area contributed by atoms with Gasteiger partial charge < -0.3 is 16.0 Å². The van der Waals surface area contributed by atoms with Crippen LogP contribution in [0.1, 0.15) is 41.0 Å². The van der Waals surface area contributed by atoms with Gasteiger partial charge in [-0.3, -0.25) is 9.98 Å². The van der Waals surface area contributed by atoms with E-state index in [0.29, 0.717) is 0 Å². The molecule has 5 nitrogen and oxygen atoms in total. The quantitative estimate of drug-likeness (QED) is 0.799. The summed E-state index contributed by atoms with van der Waals surface area (Å²) in [5.41, 5.74) is 13.5. The van der Waals surface area contributed by atoms with Gasteiger partial charge in [-0.15, -0.1) is 11.3 Å². The molecule has 0 bridgehead atoms. The number of hydrogen-bond donors (Lipinski definition) is 2. The molecule has 144 valence electrons. The Morgan fingerprint density at radius 1 is 1.30 bits per heavy atom. The highest BCUT2D eigenvalue weighted by Crippen LogP contribution is 2.40. The summed E-state index contributed by atoms with van der Waals surface area (Å²) in [6.07, 6.45) is -0.171. The van der Waals surface area contributed by atoms with Crippen molar-refractivity contribution >= 4 is 33.6 Å². The number of amidine groups is 1. The average molecular weight is 385 g/mol. The Morgan fingerprint density at radius 3 is 2.56 bits per heavy atom. The van der Waals surface area contributed by atoms with Gasteiger partial charge in [-0.25, -0.2) is 0 Å². The average Bonchev–Trinajstić information content (AvgIpc) is 2.84. The lowest BCUT2D eigenvalue weighted by atomic mass is 9.96. The summed E-state index contributed by atoms with van der Waals surface area (Å²) in [5, 5.41) is 3.27. The lowest BCUT2D eigenvalue weighted by molar-refractivity contribution is -0.539. The van der Waals surface area contributed by atoms with E-state index in [-0.39, 0.29) is 12.2 Å². The molecule has 0 radical (unpaired) electrons. The summed E-state index contributed by atoms with van der Waals surface area (Å²) in [4.78, 5) is 13.2. The van der Waals surface area contributed by atoms with Crippen LogP contribution in [0.25, 0.3) is 0 Å². The van der Waals surface area contributed by atoms with E-state index in [0.717, 1.165) is 16.5 Å². The standard InChI is InChI=1S/C21H29N5S/c1-11-10-16(23-6)8-9-17(11)19-18-12(2)14(4)27-21(18)26(15(5)22)20(24-7)13(3)25-19/h8-10,13,15,23H,22H2,1-7H3/p+1. The molecular weight excluding hydrogens is 354 g/mol. The van der Waals surface area contributed by atoms with Crippen molar-refractivity contribution in [3.05, 3.63) is 45.3 Å². The molecule has 3 rings (SSSR count). The fourth-order valence-corrected chi connectivity index (χ4v) is 4.96. The van der Waals surface area contributed by atoms with E-state index in [4.69, 9.17) is 10.7 Å². The van der Waals surface area contributed by atoms with Crippen LogP contribution in [0.5, 0.6) is 0 Å². The molecule has 6 heteroatoms. The first-order chi connectivity index (χ1) is 12.8. The predicted molar refractivity (Wildman–Crippen MR) is 117 cm³/mol. The summed E-state index contributed by atoms with van der Waals surface area (Å²) in [6.45, 7) is 10.6. The van der Waals surface area contributed by atoms with Crippen LogP contribution in [0.2, 0.25) is 0 Å². The Kier molecular flexibility index (Phi) is 5.51. The van der Waals surface area contributed by atoms with Crippen LogP contribution in [-0.2, 0) is 0 Å². The molecule has 1 aliphatic rings. The number of thiophene rings is 1. The van der Waals surface area contributed by atoms with Gasteiger partial charge in [0.1, 0.15) is 22.6 Å². The second kappa shape index (κ2) is 7.54. The van der Waals surface area contributed by atoms with E-state index < -0.39 is 0 Å². The number of quaternary nitrogens is 1. The zero-order valence-corrected chi connectivity index (χ0v) is 18.1. The third kappa shape index (κ3) is 3.33. The predicted octanol–water partition coefficient (Wildman–Crippen LogP) is 2.88. The molecule has 1 aliphatic heterocycles. The minimum atomic E-state index is -0.171. The van der Waals surface area contributed by atoms with Gasteiger partial charge in [0.15, 0.2) is 0 Å². The molecule has 0 saturated carbocycles. The van der Waals surface area contributed by atoms with E-state index in [2.05, 4.69) is 68.2 Å². The summed E-state index contributed by atoms with van der Waals surface area (Å²) in [7, 11) is 3.89. The second-order valence-corrected chi connectivity index (χ2v) is 8.38. The highest BCUT2D eigenvalue weighted by Gasteiger charge is 2.33. The summed E-state index contributed by atoms with van der Waals surface area (Å²) in [6, 6.07) is 6.51. The molecule has 2 unspecified atom stereocenters. The van der Waals surface area contributed by atoms with Crippen molar-refractivity contribution in [3.8, 4) is 0 Å². The Balaban J connectivity index is 2.32. The van der Waals surface area contributed by atoms with E-state index in [1.54, 1.807) is 11.3 Å². The van der Waals surface area contributed by atoms with Gasteiger partial charge in [-0.2, -0.15) is 0 Å². The number of nitrogens with two attached hydrogens (primary N) is 2. The van der Waals surface area contributed by atoms with Crippen molar-refractivity contribution in [2.24, 2.45) is 15.7 Å². The molecule has 27 heavy (non-hydrogen) atoms. The zero-order valence-electron chi connectivity index (χ0n) is 17.3. The Bertz CT molecular complexity index is 923. The second-order valence-electron chi connectivity index (χ2n) is 7.17. The van der Waals surface area contributed by atoms with Crippen molar-refractivity contribution in [2.45, 2.75) is 46.8 Å². The number of nitrogens with zero attached hydrogens (tertiary/aromatic N) is 3. The van der Waals surface area contributed by atoms with Crippen LogP contribution in [0.4, 0.5) is 10.7 Å². The van der Waals surface area contributed by atoms with Gasteiger partial charge in [0, 0.05) is 29.1 Å². The van der Waals surface area contributed by atoms with Crippen molar-refractivity contribution in [1.82, 2.24) is 0 Å². The van der Waals surface area contributed by atoms with E-state index in [1.807, 2.05) is 14.0 Å². The molecule has 2 atom stereocenters. The van der Waals surface area contributed by atoms with Crippen LogP contribution >= 0.6 is 11.3 Å². The van der Waals surface area contributed by atoms with Crippen LogP contribution < -0.4 is 16.0 Å². The molecular formula is C21H30N5S+. The van der Waals surface area contributed by atoms with Crippen LogP contribution in [0, 0.1) is 20.8 Å². The minimum Gasteiger partial charge on any atom is -0.316 e. The Morgan fingerprint density at radius 2 is 2.00 bits per heavy atom. The number of aliphatic imine (C=N–C) groups is 2. The fourth-order valence-electron chi connectivity index (χ4n) is 3.70. The minimum absolute atomic E-state index is 0.0629. The fraction of sp³-hybridized carbons (Fsp3) is 0.429. The number of aryl methyl sites for hydroxylation is 2. The van der Waals surface area contributed by atoms with E-state index in [1.165, 1.54) is 32.8 Å². The molecule has 0 amide bonds. The SMILES string of the molecule is CN=C1C(C)N=C(c2ccc([NH2+]C)cc2C)c2c(sc(C)c2C)N1C(C)N. The molecule has 4 N–H and O–H groups in total. The van der Waals surface area contributed by atoms with Gasteiger partial charge in [0.2, 0.25) is 0 Å². The van der Waals surface area contributed by atoms with E-state index in [9.17, 15) is 0 Å². The number of fused-ring (bicyclic) bond motifs is 1. The summed E-state index contributed by atoms with van der Waals surface area (Å²) in [5.74, 6) is 0.915. The molecule has 1 aromatic carbocycles. The molecule has 0 aliphatic carbocycles. The molecule has 0 spiro atoms. The van der Waals surface area contributed by atoms with Crippen molar-refractivity contribution in [3.63, 3.8) is 0 Å². The maximum absolute atomic E-state index is 6.39. The lowest BCUT2D eigenvalue weighted by Crippen LogP contribution is -2.72. The van der Waals surface area contributed by atoms with Crippen molar-refractivity contribution < 1.29 is 5.32 Å². The lowest BCUT2D eigenvalue weighted by Gasteiger charge is -2.29. The zero-order chi connectivity index (χ0) is 19.9.